The summed E-state index contributed by atoms with van der Waals surface area (Å²) in [6.07, 6.45) is 2.32. The zero-order valence-corrected chi connectivity index (χ0v) is 16.1. The number of para-hydroxylation sites is 1. The van der Waals surface area contributed by atoms with Gasteiger partial charge in [0.2, 0.25) is 11.7 Å². The number of likely N-dealkylation sites (tertiary alicyclic amines) is 1. The van der Waals surface area contributed by atoms with Crippen LogP contribution >= 0.6 is 0 Å². The van der Waals surface area contributed by atoms with E-state index in [0.717, 1.165) is 36.2 Å². The van der Waals surface area contributed by atoms with Crippen LogP contribution in [0.2, 0.25) is 0 Å². The van der Waals surface area contributed by atoms with Crippen molar-refractivity contribution in [1.29, 1.82) is 0 Å². The Morgan fingerprint density at radius 2 is 2.11 bits per heavy atom. The molecule has 2 amide bonds. The predicted molar refractivity (Wildman–Crippen MR) is 102 cm³/mol. The van der Waals surface area contributed by atoms with Crippen LogP contribution in [-0.2, 0) is 16.6 Å². The predicted octanol–water partition coefficient (Wildman–Crippen LogP) is 3.02. The molecule has 2 aromatic rings. The van der Waals surface area contributed by atoms with Gasteiger partial charge in [0.1, 0.15) is 0 Å². The summed E-state index contributed by atoms with van der Waals surface area (Å²) in [5, 5.41) is 4.03. The molecule has 1 aromatic carbocycles. The molecule has 0 aliphatic carbocycles. The maximum Gasteiger partial charge on any atom is 0.292 e. The summed E-state index contributed by atoms with van der Waals surface area (Å²) >= 11 is 0. The lowest BCUT2D eigenvalue weighted by Gasteiger charge is -2.39. The van der Waals surface area contributed by atoms with Crippen LogP contribution in [0.3, 0.4) is 0 Å². The van der Waals surface area contributed by atoms with E-state index < -0.39 is 5.41 Å². The number of carbonyl (C=O) groups excluding carboxylic acids is 2. The summed E-state index contributed by atoms with van der Waals surface area (Å²) in [6.45, 7) is 5.21. The second-order valence-corrected chi connectivity index (χ2v) is 8.07. The first-order chi connectivity index (χ1) is 12.9. The van der Waals surface area contributed by atoms with Crippen LogP contribution in [0, 0.1) is 5.92 Å². The van der Waals surface area contributed by atoms with Crippen molar-refractivity contribution in [3.63, 3.8) is 0 Å². The van der Waals surface area contributed by atoms with E-state index in [0.29, 0.717) is 19.0 Å². The number of likely N-dealkylation sites (N-methyl/N-ethyl adjacent to an activating group) is 1. The first-order valence-electron chi connectivity index (χ1n) is 9.55. The monoisotopic (exact) mass is 367 g/mol. The highest BCUT2D eigenvalue weighted by atomic mass is 16.5. The first-order valence-corrected chi connectivity index (χ1v) is 9.55. The van der Waals surface area contributed by atoms with Gasteiger partial charge in [0.25, 0.3) is 5.91 Å². The number of nitrogens with zero attached hydrogens (tertiary/aromatic N) is 3. The molecule has 3 heterocycles. The van der Waals surface area contributed by atoms with E-state index in [1.54, 1.807) is 15.9 Å². The fourth-order valence-electron chi connectivity index (χ4n) is 4.42. The number of rotatable bonds is 3. The zero-order chi connectivity index (χ0) is 19.2. The molecule has 0 N–H and O–H groups in total. The maximum absolute atomic E-state index is 13.1. The first kappa shape index (κ1) is 17.8. The average molecular weight is 367 g/mol. The number of piperidine rings is 1. The number of benzene rings is 1. The largest absolute Gasteiger partial charge is 0.351 e. The zero-order valence-electron chi connectivity index (χ0n) is 16.1. The smallest absolute Gasteiger partial charge is 0.292 e. The molecule has 1 aromatic heterocycles. The van der Waals surface area contributed by atoms with Crippen molar-refractivity contribution in [2.45, 2.75) is 38.5 Å². The fourth-order valence-corrected chi connectivity index (χ4v) is 4.42. The van der Waals surface area contributed by atoms with Crippen LogP contribution in [0.25, 0.3) is 0 Å². The van der Waals surface area contributed by atoms with E-state index in [9.17, 15) is 9.59 Å². The van der Waals surface area contributed by atoms with Crippen LogP contribution < -0.4 is 4.90 Å². The van der Waals surface area contributed by atoms with Crippen LogP contribution in [0.5, 0.6) is 0 Å². The molecular formula is C21H25N3O3. The van der Waals surface area contributed by atoms with Gasteiger partial charge in [-0.2, -0.15) is 0 Å². The minimum absolute atomic E-state index is 0.0688. The molecule has 0 saturated carbocycles. The lowest BCUT2D eigenvalue weighted by molar-refractivity contribution is -0.124. The molecule has 27 heavy (non-hydrogen) atoms. The number of hydrogen-bond acceptors (Lipinski definition) is 4. The Bertz CT molecular complexity index is 888. The Kier molecular flexibility index (Phi) is 4.29. The summed E-state index contributed by atoms with van der Waals surface area (Å²) in [5.41, 5.74) is 2.10. The summed E-state index contributed by atoms with van der Waals surface area (Å²) < 4.78 is 5.31. The van der Waals surface area contributed by atoms with Crippen molar-refractivity contribution in [3.8, 4) is 0 Å². The number of amides is 2. The molecule has 142 valence electrons. The molecule has 6 heteroatoms. The highest BCUT2D eigenvalue weighted by Gasteiger charge is 2.52. The topological polar surface area (TPSA) is 66.7 Å². The van der Waals surface area contributed by atoms with E-state index in [2.05, 4.69) is 19.0 Å². The SMILES string of the molecule is CC(C)Cc1cc(C(=O)N2CCC[C@]3(C2)C(=O)N(C)c2ccccc23)on1. The van der Waals surface area contributed by atoms with Crippen molar-refractivity contribution in [2.24, 2.45) is 5.92 Å². The number of aromatic nitrogens is 1. The van der Waals surface area contributed by atoms with Crippen LogP contribution in [0.15, 0.2) is 34.9 Å². The van der Waals surface area contributed by atoms with Crippen molar-refractivity contribution < 1.29 is 14.1 Å². The van der Waals surface area contributed by atoms with Gasteiger partial charge in [0.05, 0.1) is 11.1 Å². The quantitative estimate of drug-likeness (QED) is 0.836. The minimum Gasteiger partial charge on any atom is -0.351 e. The number of fused-ring (bicyclic) bond motifs is 2. The Balaban J connectivity index is 1.61. The van der Waals surface area contributed by atoms with Gasteiger partial charge < -0.3 is 14.3 Å². The lowest BCUT2D eigenvalue weighted by Crippen LogP contribution is -2.53. The summed E-state index contributed by atoms with van der Waals surface area (Å²) in [7, 11) is 1.81. The Hall–Kier alpha value is -2.63. The van der Waals surface area contributed by atoms with Gasteiger partial charge >= 0.3 is 0 Å². The number of carbonyl (C=O) groups is 2. The third-order valence-corrected chi connectivity index (χ3v) is 5.66. The van der Waals surface area contributed by atoms with E-state index in [-0.39, 0.29) is 17.6 Å². The molecule has 2 aliphatic heterocycles. The molecule has 4 rings (SSSR count). The molecule has 1 atom stereocenters. The van der Waals surface area contributed by atoms with Gasteiger partial charge in [-0.25, -0.2) is 0 Å². The Morgan fingerprint density at radius 3 is 2.89 bits per heavy atom. The van der Waals surface area contributed by atoms with E-state index in [4.69, 9.17) is 4.52 Å². The number of hydrogen-bond donors (Lipinski definition) is 0. The van der Waals surface area contributed by atoms with E-state index in [1.165, 1.54) is 0 Å². The van der Waals surface area contributed by atoms with Crippen molar-refractivity contribution in [3.05, 3.63) is 47.3 Å². The van der Waals surface area contributed by atoms with Gasteiger partial charge in [-0.05, 0) is 36.8 Å². The van der Waals surface area contributed by atoms with Crippen LogP contribution in [0.1, 0.15) is 48.5 Å². The minimum atomic E-state index is -0.653. The van der Waals surface area contributed by atoms with Crippen molar-refractivity contribution in [1.82, 2.24) is 10.1 Å². The molecule has 0 radical (unpaired) electrons. The van der Waals surface area contributed by atoms with Gasteiger partial charge in [0, 0.05) is 31.9 Å². The van der Waals surface area contributed by atoms with Gasteiger partial charge in [-0.1, -0.05) is 37.2 Å². The second kappa shape index (κ2) is 6.51. The molecule has 2 aliphatic rings. The van der Waals surface area contributed by atoms with E-state index in [1.807, 2.05) is 31.3 Å². The number of anilines is 1. The van der Waals surface area contributed by atoms with Gasteiger partial charge in [0.15, 0.2) is 0 Å². The average Bonchev–Trinajstić information content (AvgIpc) is 3.20. The molecule has 0 bridgehead atoms. The Labute approximate surface area is 159 Å². The summed E-state index contributed by atoms with van der Waals surface area (Å²) in [4.78, 5) is 29.6. The Morgan fingerprint density at radius 1 is 1.33 bits per heavy atom. The van der Waals surface area contributed by atoms with Crippen molar-refractivity contribution >= 4 is 17.5 Å². The summed E-state index contributed by atoms with van der Waals surface area (Å²) in [6, 6.07) is 9.62. The molecule has 0 unspecified atom stereocenters. The van der Waals surface area contributed by atoms with Crippen LogP contribution in [0.4, 0.5) is 5.69 Å². The van der Waals surface area contributed by atoms with Gasteiger partial charge in [-0.15, -0.1) is 0 Å². The molecule has 6 nitrogen and oxygen atoms in total. The third-order valence-electron chi connectivity index (χ3n) is 5.66. The normalized spacial score (nSPS) is 22.0. The standard InChI is InChI=1S/C21H25N3O3/c1-14(2)11-15-12-18(27-22-15)19(25)24-10-6-9-21(13-24)16-7-4-5-8-17(16)23(3)20(21)26/h4-5,7-8,12,14H,6,9-11,13H2,1-3H3/t21-/m1/s1. The molecule has 1 spiro atoms. The molecule has 1 fully saturated rings. The summed E-state index contributed by atoms with van der Waals surface area (Å²) in [5.74, 6) is 0.588. The molecular weight excluding hydrogens is 342 g/mol. The molecule has 1 saturated heterocycles. The lowest BCUT2D eigenvalue weighted by atomic mass is 9.75. The van der Waals surface area contributed by atoms with E-state index >= 15 is 0 Å². The third kappa shape index (κ3) is 2.83. The second-order valence-electron chi connectivity index (χ2n) is 8.07. The highest BCUT2D eigenvalue weighted by molar-refractivity contribution is 6.08. The van der Waals surface area contributed by atoms with Gasteiger partial charge in [-0.3, -0.25) is 9.59 Å². The van der Waals surface area contributed by atoms with Crippen LogP contribution in [-0.4, -0.2) is 42.0 Å². The highest BCUT2D eigenvalue weighted by Crippen LogP contribution is 2.46. The van der Waals surface area contributed by atoms with Crippen molar-refractivity contribution in [2.75, 3.05) is 25.0 Å². The maximum atomic E-state index is 13.1. The fraction of sp³-hybridized carbons (Fsp3) is 0.476.